The lowest BCUT2D eigenvalue weighted by Gasteiger charge is -2.17. The predicted molar refractivity (Wildman–Crippen MR) is 67.1 cm³/mol. The van der Waals surface area contributed by atoms with Gasteiger partial charge in [0.25, 0.3) is 0 Å². The van der Waals surface area contributed by atoms with E-state index in [2.05, 4.69) is 21.2 Å². The number of methoxy groups -OCH3 is 1. The predicted octanol–water partition coefficient (Wildman–Crippen LogP) is 2.47. The molecule has 1 saturated heterocycles. The lowest BCUT2D eigenvalue weighted by atomic mass is 9.98. The summed E-state index contributed by atoms with van der Waals surface area (Å²) in [6.07, 6.45) is 0.193. The van der Waals surface area contributed by atoms with E-state index in [1.807, 2.05) is 0 Å². The van der Waals surface area contributed by atoms with E-state index in [-0.39, 0.29) is 24.3 Å². The topological polar surface area (TPSA) is 58.6 Å². The Hall–Kier alpha value is -1.21. The first-order valence-corrected chi connectivity index (χ1v) is 6.42. The average molecular weight is 336 g/mol. The van der Waals surface area contributed by atoms with Crippen molar-refractivity contribution in [2.75, 3.05) is 13.7 Å². The van der Waals surface area contributed by atoms with Gasteiger partial charge in [0.15, 0.2) is 11.6 Å². The van der Waals surface area contributed by atoms with Gasteiger partial charge in [0, 0.05) is 12.6 Å². The third-order valence-electron chi connectivity index (χ3n) is 3.19. The number of ether oxygens (including phenoxy) is 1. The molecule has 104 valence electrons. The molecule has 1 fully saturated rings. The van der Waals surface area contributed by atoms with Crippen LogP contribution in [0.3, 0.4) is 0 Å². The van der Waals surface area contributed by atoms with Crippen molar-refractivity contribution in [3.05, 3.63) is 27.7 Å². The molecule has 0 radical (unpaired) electrons. The summed E-state index contributed by atoms with van der Waals surface area (Å²) < 4.78 is 32.8. The van der Waals surface area contributed by atoms with Crippen LogP contribution in [0.5, 0.6) is 5.75 Å². The Labute approximate surface area is 116 Å². The Morgan fingerprint density at radius 2 is 2.26 bits per heavy atom. The van der Waals surface area contributed by atoms with Crippen LogP contribution < -0.4 is 10.1 Å². The molecule has 1 aliphatic heterocycles. The molecule has 0 amide bonds. The zero-order valence-electron chi connectivity index (χ0n) is 10.0. The highest BCUT2D eigenvalue weighted by Gasteiger charge is 2.35. The van der Waals surface area contributed by atoms with Crippen LogP contribution in [0.15, 0.2) is 10.5 Å². The van der Waals surface area contributed by atoms with Crippen LogP contribution in [-0.2, 0) is 4.79 Å². The van der Waals surface area contributed by atoms with Gasteiger partial charge < -0.3 is 15.2 Å². The van der Waals surface area contributed by atoms with Crippen molar-refractivity contribution in [3.8, 4) is 5.75 Å². The Morgan fingerprint density at radius 1 is 1.58 bits per heavy atom. The number of aliphatic carboxylic acids is 1. The normalized spacial score (nSPS) is 22.5. The number of nitrogens with one attached hydrogen (secondary N) is 1. The lowest BCUT2D eigenvalue weighted by molar-refractivity contribution is -0.141. The van der Waals surface area contributed by atoms with E-state index in [9.17, 15) is 13.6 Å². The number of carboxylic acids is 1. The number of rotatable bonds is 3. The van der Waals surface area contributed by atoms with E-state index in [1.54, 1.807) is 0 Å². The van der Waals surface area contributed by atoms with Crippen LogP contribution in [0.25, 0.3) is 0 Å². The first-order valence-electron chi connectivity index (χ1n) is 5.63. The minimum absolute atomic E-state index is 0.0260. The molecule has 1 heterocycles. The molecule has 0 aromatic heterocycles. The number of carboxylic acid groups (broad SMARTS) is 1. The van der Waals surface area contributed by atoms with Crippen LogP contribution in [0.4, 0.5) is 8.78 Å². The minimum Gasteiger partial charge on any atom is -0.495 e. The monoisotopic (exact) mass is 335 g/mol. The van der Waals surface area contributed by atoms with Crippen LogP contribution in [0.1, 0.15) is 18.0 Å². The third-order valence-corrected chi connectivity index (χ3v) is 3.78. The summed E-state index contributed by atoms with van der Waals surface area (Å²) in [5.74, 6) is -3.39. The molecule has 2 N–H and O–H groups in total. The standard InChI is InChI=1S/C12H12BrF2NO3/c1-19-11-6(13)3-7(14)10(15)9(11)8-2-5(4-16-8)12(17)18/h3,5,8,16H,2,4H2,1H3,(H,17,18). The van der Waals surface area contributed by atoms with Gasteiger partial charge in [-0.2, -0.15) is 0 Å². The Bertz CT molecular complexity index is 524. The molecule has 1 aromatic carbocycles. The maximum absolute atomic E-state index is 13.9. The van der Waals surface area contributed by atoms with E-state index >= 15 is 0 Å². The highest BCUT2D eigenvalue weighted by Crippen LogP contribution is 2.40. The largest absolute Gasteiger partial charge is 0.495 e. The van der Waals surface area contributed by atoms with Crippen molar-refractivity contribution in [1.82, 2.24) is 5.32 Å². The quantitative estimate of drug-likeness (QED) is 0.833. The Balaban J connectivity index is 2.42. The summed E-state index contributed by atoms with van der Waals surface area (Å²) >= 11 is 3.11. The van der Waals surface area contributed by atoms with Crippen molar-refractivity contribution in [3.63, 3.8) is 0 Å². The number of hydrogen-bond acceptors (Lipinski definition) is 3. The van der Waals surface area contributed by atoms with Crippen LogP contribution in [0, 0.1) is 17.6 Å². The fourth-order valence-corrected chi connectivity index (χ4v) is 2.84. The fourth-order valence-electron chi connectivity index (χ4n) is 2.26. The van der Waals surface area contributed by atoms with Crippen molar-refractivity contribution < 1.29 is 23.4 Å². The first kappa shape index (κ1) is 14.2. The molecule has 0 saturated carbocycles. The molecule has 0 aliphatic carbocycles. The Kier molecular flexibility index (Phi) is 4.05. The maximum atomic E-state index is 13.9. The summed E-state index contributed by atoms with van der Waals surface area (Å²) in [4.78, 5) is 10.9. The SMILES string of the molecule is COc1c(Br)cc(F)c(F)c1C1CC(C(=O)O)CN1. The molecule has 19 heavy (non-hydrogen) atoms. The summed E-state index contributed by atoms with van der Waals surface area (Å²) in [6.45, 7) is 0.219. The second kappa shape index (κ2) is 5.42. The van der Waals surface area contributed by atoms with Crippen molar-refractivity contribution in [1.29, 1.82) is 0 Å². The summed E-state index contributed by atoms with van der Waals surface area (Å²) in [7, 11) is 1.35. The second-order valence-corrected chi connectivity index (χ2v) is 5.19. The summed E-state index contributed by atoms with van der Waals surface area (Å²) in [5, 5.41) is 11.8. The zero-order valence-corrected chi connectivity index (χ0v) is 11.6. The van der Waals surface area contributed by atoms with Gasteiger partial charge in [-0.15, -0.1) is 0 Å². The van der Waals surface area contributed by atoms with Crippen molar-refractivity contribution >= 4 is 21.9 Å². The highest BCUT2D eigenvalue weighted by molar-refractivity contribution is 9.10. The molecule has 1 aliphatic rings. The highest BCUT2D eigenvalue weighted by atomic mass is 79.9. The number of halogens is 3. The van der Waals surface area contributed by atoms with E-state index in [0.29, 0.717) is 4.47 Å². The number of benzene rings is 1. The molecule has 4 nitrogen and oxygen atoms in total. The van der Waals surface area contributed by atoms with Crippen LogP contribution >= 0.6 is 15.9 Å². The smallest absolute Gasteiger partial charge is 0.307 e. The second-order valence-electron chi connectivity index (χ2n) is 4.33. The molecule has 0 spiro atoms. The summed E-state index contributed by atoms with van der Waals surface area (Å²) in [5.41, 5.74) is 0.0260. The third kappa shape index (κ3) is 2.57. The minimum atomic E-state index is -1.01. The number of hydrogen-bond donors (Lipinski definition) is 2. The van der Waals surface area contributed by atoms with Gasteiger partial charge >= 0.3 is 5.97 Å². The van der Waals surface area contributed by atoms with E-state index in [1.165, 1.54) is 7.11 Å². The van der Waals surface area contributed by atoms with Crippen LogP contribution in [0.2, 0.25) is 0 Å². The van der Waals surface area contributed by atoms with Gasteiger partial charge in [0.1, 0.15) is 5.75 Å². The molecule has 2 rings (SSSR count). The maximum Gasteiger partial charge on any atom is 0.307 e. The molecular weight excluding hydrogens is 324 g/mol. The molecule has 0 bridgehead atoms. The molecule has 2 unspecified atom stereocenters. The summed E-state index contributed by atoms with van der Waals surface area (Å²) in [6, 6.07) is 0.407. The zero-order chi connectivity index (χ0) is 14.2. The molecule has 1 aromatic rings. The lowest BCUT2D eigenvalue weighted by Crippen LogP contribution is -2.18. The van der Waals surface area contributed by atoms with E-state index in [4.69, 9.17) is 9.84 Å². The van der Waals surface area contributed by atoms with Crippen molar-refractivity contribution in [2.45, 2.75) is 12.5 Å². The average Bonchev–Trinajstić information content (AvgIpc) is 2.82. The van der Waals surface area contributed by atoms with E-state index in [0.717, 1.165) is 6.07 Å². The molecule has 7 heteroatoms. The van der Waals surface area contributed by atoms with Gasteiger partial charge in [0.05, 0.1) is 23.1 Å². The molecular formula is C12H12BrF2NO3. The van der Waals surface area contributed by atoms with Gasteiger partial charge in [-0.3, -0.25) is 4.79 Å². The molecule has 2 atom stereocenters. The number of carbonyl (C=O) groups is 1. The Morgan fingerprint density at radius 3 is 2.79 bits per heavy atom. The van der Waals surface area contributed by atoms with Gasteiger partial charge in [0.2, 0.25) is 0 Å². The van der Waals surface area contributed by atoms with Crippen LogP contribution in [-0.4, -0.2) is 24.7 Å². The van der Waals surface area contributed by atoms with Gasteiger partial charge in [-0.1, -0.05) is 0 Å². The van der Waals surface area contributed by atoms with Gasteiger partial charge in [-0.05, 0) is 28.4 Å². The fraction of sp³-hybridized carbons (Fsp3) is 0.417. The van der Waals surface area contributed by atoms with E-state index < -0.39 is 29.6 Å². The first-order chi connectivity index (χ1) is 8.95. The van der Waals surface area contributed by atoms with Gasteiger partial charge in [-0.25, -0.2) is 8.78 Å². The van der Waals surface area contributed by atoms with Crippen molar-refractivity contribution in [2.24, 2.45) is 5.92 Å².